The second-order valence-corrected chi connectivity index (χ2v) is 6.99. The zero-order valence-corrected chi connectivity index (χ0v) is 14.0. The molecule has 0 unspecified atom stereocenters. The van der Waals surface area contributed by atoms with Crippen LogP contribution in [0.1, 0.15) is 30.5 Å². The van der Waals surface area contributed by atoms with E-state index in [2.05, 4.69) is 10.4 Å². The molecule has 122 valence electrons. The Balaban J connectivity index is 1.74. The van der Waals surface area contributed by atoms with E-state index in [1.54, 1.807) is 27.1 Å². The first-order valence-electron chi connectivity index (χ1n) is 7.67. The normalized spacial score (nSPS) is 17.2. The van der Waals surface area contributed by atoms with Gasteiger partial charge < -0.3 is 10.2 Å². The molecule has 2 amide bonds. The van der Waals surface area contributed by atoms with Crippen LogP contribution in [0.15, 0.2) is 29.8 Å². The van der Waals surface area contributed by atoms with Gasteiger partial charge in [-0.15, -0.1) is 11.3 Å². The van der Waals surface area contributed by atoms with Crippen molar-refractivity contribution in [3.63, 3.8) is 0 Å². The molecule has 1 N–H and O–H groups in total. The Kier molecular flexibility index (Phi) is 4.47. The predicted octanol–water partition coefficient (Wildman–Crippen LogP) is 1.80. The highest BCUT2D eigenvalue weighted by molar-refractivity contribution is 7.09. The minimum absolute atomic E-state index is 0.0634. The maximum atomic E-state index is 12.6. The number of carbonyl (C=O) groups is 2. The lowest BCUT2D eigenvalue weighted by molar-refractivity contribution is -0.138. The van der Waals surface area contributed by atoms with Crippen LogP contribution in [0.4, 0.5) is 0 Å². The van der Waals surface area contributed by atoms with E-state index in [9.17, 15) is 9.59 Å². The van der Waals surface area contributed by atoms with Crippen LogP contribution in [0.2, 0.25) is 0 Å². The number of amides is 2. The summed E-state index contributed by atoms with van der Waals surface area (Å²) in [5.74, 6) is -0.127. The summed E-state index contributed by atoms with van der Waals surface area (Å²) < 4.78 is 1.73. The number of fused-ring (bicyclic) bond motifs is 1. The number of carbonyl (C=O) groups excluding carboxylic acids is 2. The summed E-state index contributed by atoms with van der Waals surface area (Å²) >= 11 is 1.61. The Morgan fingerprint density at radius 2 is 2.26 bits per heavy atom. The van der Waals surface area contributed by atoms with Gasteiger partial charge >= 0.3 is 0 Å². The smallest absolute Gasteiger partial charge is 0.247 e. The molecule has 2 aromatic rings. The predicted molar refractivity (Wildman–Crippen MR) is 87.7 cm³/mol. The molecular formula is C16H20N4O2S. The highest BCUT2D eigenvalue weighted by Gasteiger charge is 2.33. The van der Waals surface area contributed by atoms with Crippen LogP contribution in [0, 0.1) is 5.92 Å². The molecule has 0 spiro atoms. The van der Waals surface area contributed by atoms with E-state index in [1.807, 2.05) is 37.4 Å². The topological polar surface area (TPSA) is 67.2 Å². The van der Waals surface area contributed by atoms with E-state index in [0.717, 1.165) is 10.6 Å². The number of rotatable bonds is 4. The Labute approximate surface area is 139 Å². The van der Waals surface area contributed by atoms with Crippen LogP contribution in [-0.2, 0) is 22.7 Å². The molecule has 0 radical (unpaired) electrons. The maximum Gasteiger partial charge on any atom is 0.247 e. The molecule has 3 heterocycles. The minimum Gasteiger partial charge on any atom is -0.349 e. The van der Waals surface area contributed by atoms with E-state index >= 15 is 0 Å². The zero-order chi connectivity index (χ0) is 16.4. The Bertz CT molecular complexity index is 693. The third-order valence-electron chi connectivity index (χ3n) is 3.92. The molecule has 1 aliphatic heterocycles. The van der Waals surface area contributed by atoms with Crippen molar-refractivity contribution in [2.75, 3.05) is 6.54 Å². The fourth-order valence-electron chi connectivity index (χ4n) is 2.73. The summed E-state index contributed by atoms with van der Waals surface area (Å²) in [5.41, 5.74) is 0.890. The molecule has 1 aliphatic rings. The van der Waals surface area contributed by atoms with Gasteiger partial charge in [-0.2, -0.15) is 5.10 Å². The molecule has 7 heteroatoms. The van der Waals surface area contributed by atoms with E-state index in [0.29, 0.717) is 19.6 Å². The number of thiophene rings is 1. The van der Waals surface area contributed by atoms with Crippen LogP contribution in [0.25, 0.3) is 0 Å². The monoisotopic (exact) mass is 332 g/mol. The van der Waals surface area contributed by atoms with E-state index in [4.69, 9.17) is 0 Å². The van der Waals surface area contributed by atoms with Crippen molar-refractivity contribution in [3.05, 3.63) is 40.3 Å². The van der Waals surface area contributed by atoms with Crippen LogP contribution in [-0.4, -0.2) is 33.0 Å². The summed E-state index contributed by atoms with van der Waals surface area (Å²) in [5, 5.41) is 9.19. The van der Waals surface area contributed by atoms with E-state index in [-0.39, 0.29) is 17.7 Å². The first-order chi connectivity index (χ1) is 11.1. The Morgan fingerprint density at radius 1 is 1.43 bits per heavy atom. The zero-order valence-electron chi connectivity index (χ0n) is 13.2. The van der Waals surface area contributed by atoms with Crippen molar-refractivity contribution in [2.24, 2.45) is 5.92 Å². The average molecular weight is 332 g/mol. The molecule has 0 saturated carbocycles. The lowest BCUT2D eigenvalue weighted by Crippen LogP contribution is -2.47. The van der Waals surface area contributed by atoms with E-state index in [1.165, 1.54) is 0 Å². The summed E-state index contributed by atoms with van der Waals surface area (Å²) in [6.07, 6.45) is 1.68. The SMILES string of the molecule is CC(C)C(=O)N1Cc2ccnn2[C@H](C(=O)NCc2cccs2)C1. The largest absolute Gasteiger partial charge is 0.349 e. The number of nitrogens with zero attached hydrogens (tertiary/aromatic N) is 3. The summed E-state index contributed by atoms with van der Waals surface area (Å²) in [6.45, 7) is 5.12. The Hall–Kier alpha value is -2.15. The van der Waals surface area contributed by atoms with Crippen molar-refractivity contribution < 1.29 is 9.59 Å². The third-order valence-corrected chi connectivity index (χ3v) is 4.80. The van der Waals surface area contributed by atoms with Gasteiger partial charge in [-0.1, -0.05) is 19.9 Å². The molecular weight excluding hydrogens is 312 g/mol. The molecule has 0 bridgehead atoms. The van der Waals surface area contributed by atoms with Crippen LogP contribution in [0.3, 0.4) is 0 Å². The molecule has 0 aromatic carbocycles. The maximum absolute atomic E-state index is 12.6. The highest BCUT2D eigenvalue weighted by atomic mass is 32.1. The first kappa shape index (κ1) is 15.7. The minimum atomic E-state index is -0.476. The van der Waals surface area contributed by atoms with Crippen LogP contribution in [0.5, 0.6) is 0 Å². The molecule has 3 rings (SSSR count). The number of aromatic nitrogens is 2. The van der Waals surface area contributed by atoms with Gasteiger partial charge in [-0.05, 0) is 17.5 Å². The molecule has 23 heavy (non-hydrogen) atoms. The Morgan fingerprint density at radius 3 is 2.96 bits per heavy atom. The van der Waals surface area contributed by atoms with Gasteiger partial charge in [-0.3, -0.25) is 14.3 Å². The molecule has 0 saturated heterocycles. The van der Waals surface area contributed by atoms with Crippen LogP contribution >= 0.6 is 11.3 Å². The first-order valence-corrected chi connectivity index (χ1v) is 8.55. The lowest BCUT2D eigenvalue weighted by Gasteiger charge is -2.34. The summed E-state index contributed by atoms with van der Waals surface area (Å²) in [4.78, 5) is 27.7. The second kappa shape index (κ2) is 6.54. The van der Waals surface area contributed by atoms with Gasteiger partial charge in [0.05, 0.1) is 25.3 Å². The van der Waals surface area contributed by atoms with Crippen LogP contribution < -0.4 is 5.32 Å². The molecule has 2 aromatic heterocycles. The van der Waals surface area contributed by atoms with Crippen molar-refractivity contribution in [1.82, 2.24) is 20.0 Å². The summed E-state index contributed by atoms with van der Waals surface area (Å²) in [7, 11) is 0. The van der Waals surface area contributed by atoms with Crippen molar-refractivity contribution in [3.8, 4) is 0 Å². The van der Waals surface area contributed by atoms with Gasteiger partial charge in [0.2, 0.25) is 11.8 Å². The van der Waals surface area contributed by atoms with Crippen molar-refractivity contribution in [1.29, 1.82) is 0 Å². The van der Waals surface area contributed by atoms with Gasteiger partial charge in [0.25, 0.3) is 0 Å². The third kappa shape index (κ3) is 3.29. The molecule has 0 aliphatic carbocycles. The average Bonchev–Trinajstić information content (AvgIpc) is 3.21. The fraction of sp³-hybridized carbons (Fsp3) is 0.438. The van der Waals surface area contributed by atoms with Gasteiger partial charge in [0.1, 0.15) is 6.04 Å². The second-order valence-electron chi connectivity index (χ2n) is 5.95. The molecule has 1 atom stereocenters. The molecule has 0 fully saturated rings. The number of hydrogen-bond donors (Lipinski definition) is 1. The number of hydrogen-bond acceptors (Lipinski definition) is 4. The van der Waals surface area contributed by atoms with Crippen molar-refractivity contribution in [2.45, 2.75) is 33.0 Å². The summed E-state index contributed by atoms with van der Waals surface area (Å²) in [6, 6.07) is 5.33. The van der Waals surface area contributed by atoms with E-state index < -0.39 is 6.04 Å². The van der Waals surface area contributed by atoms with Gasteiger partial charge in [0.15, 0.2) is 0 Å². The standard InChI is InChI=1S/C16H20N4O2S/c1-11(2)16(22)19-9-12-5-6-18-20(12)14(10-19)15(21)17-8-13-4-3-7-23-13/h3-7,11,14H,8-10H2,1-2H3,(H,17,21)/t14-/m0/s1. The highest BCUT2D eigenvalue weighted by Crippen LogP contribution is 2.22. The van der Waals surface area contributed by atoms with Crippen molar-refractivity contribution >= 4 is 23.2 Å². The lowest BCUT2D eigenvalue weighted by atomic mass is 10.1. The molecule has 6 nitrogen and oxygen atoms in total. The fourth-order valence-corrected chi connectivity index (χ4v) is 3.37. The van der Waals surface area contributed by atoms with Gasteiger partial charge in [0, 0.05) is 17.0 Å². The quantitative estimate of drug-likeness (QED) is 0.928. The van der Waals surface area contributed by atoms with Gasteiger partial charge in [-0.25, -0.2) is 0 Å². The number of nitrogens with one attached hydrogen (secondary N) is 1.